The Hall–Kier alpha value is -2.39. The SMILES string of the molecule is CC(C)(C)C(NCc1cccc(C#N)c1)c1noc(=O)[nH]1. The van der Waals surface area contributed by atoms with Gasteiger partial charge in [0.1, 0.15) is 0 Å². The van der Waals surface area contributed by atoms with Gasteiger partial charge in [0, 0.05) is 6.54 Å². The topological polar surface area (TPSA) is 94.7 Å². The number of aromatic nitrogens is 2. The van der Waals surface area contributed by atoms with Crippen LogP contribution in [0.5, 0.6) is 0 Å². The Labute approximate surface area is 122 Å². The van der Waals surface area contributed by atoms with Crippen molar-refractivity contribution in [3.8, 4) is 6.07 Å². The van der Waals surface area contributed by atoms with E-state index in [1.165, 1.54) is 0 Å². The smallest absolute Gasteiger partial charge is 0.303 e. The third-order valence-electron chi connectivity index (χ3n) is 3.16. The number of rotatable bonds is 4. The summed E-state index contributed by atoms with van der Waals surface area (Å²) in [6.45, 7) is 6.70. The largest absolute Gasteiger partial charge is 0.438 e. The molecule has 1 aromatic heterocycles. The van der Waals surface area contributed by atoms with E-state index >= 15 is 0 Å². The van der Waals surface area contributed by atoms with Crippen molar-refractivity contribution >= 4 is 0 Å². The summed E-state index contributed by atoms with van der Waals surface area (Å²) in [5.41, 5.74) is 1.46. The molecule has 1 unspecified atom stereocenters. The first kappa shape index (κ1) is 15.0. The number of aromatic amines is 1. The van der Waals surface area contributed by atoms with E-state index in [-0.39, 0.29) is 11.5 Å². The van der Waals surface area contributed by atoms with E-state index in [2.05, 4.69) is 26.0 Å². The average Bonchev–Trinajstić information content (AvgIpc) is 2.84. The van der Waals surface area contributed by atoms with Crippen LogP contribution in [0.15, 0.2) is 33.6 Å². The third kappa shape index (κ3) is 3.80. The van der Waals surface area contributed by atoms with Crippen LogP contribution in [-0.4, -0.2) is 10.1 Å². The molecule has 0 fully saturated rings. The first-order valence-corrected chi connectivity index (χ1v) is 6.68. The van der Waals surface area contributed by atoms with Gasteiger partial charge in [-0.05, 0) is 23.1 Å². The van der Waals surface area contributed by atoms with Crippen molar-refractivity contribution in [1.82, 2.24) is 15.5 Å². The first-order chi connectivity index (χ1) is 9.90. The highest BCUT2D eigenvalue weighted by Crippen LogP contribution is 2.30. The van der Waals surface area contributed by atoms with Crippen LogP contribution in [0.2, 0.25) is 0 Å². The average molecular weight is 286 g/mol. The lowest BCUT2D eigenvalue weighted by Crippen LogP contribution is -2.33. The lowest BCUT2D eigenvalue weighted by Gasteiger charge is -2.29. The molecule has 6 nitrogen and oxygen atoms in total. The Bertz CT molecular complexity index is 703. The van der Waals surface area contributed by atoms with E-state index in [1.807, 2.05) is 39.0 Å². The number of H-pyrrole nitrogens is 1. The molecule has 110 valence electrons. The predicted molar refractivity (Wildman–Crippen MR) is 77.3 cm³/mol. The van der Waals surface area contributed by atoms with E-state index < -0.39 is 5.76 Å². The third-order valence-corrected chi connectivity index (χ3v) is 3.16. The fraction of sp³-hybridized carbons (Fsp3) is 0.400. The van der Waals surface area contributed by atoms with Crippen molar-refractivity contribution in [3.63, 3.8) is 0 Å². The van der Waals surface area contributed by atoms with Crippen molar-refractivity contribution in [2.45, 2.75) is 33.4 Å². The molecule has 1 heterocycles. The summed E-state index contributed by atoms with van der Waals surface area (Å²) in [5.74, 6) is -0.0866. The van der Waals surface area contributed by atoms with Crippen LogP contribution in [0.1, 0.15) is 43.8 Å². The van der Waals surface area contributed by atoms with Crippen molar-refractivity contribution in [2.24, 2.45) is 5.41 Å². The summed E-state index contributed by atoms with van der Waals surface area (Å²) in [7, 11) is 0. The van der Waals surface area contributed by atoms with Gasteiger partial charge in [-0.3, -0.25) is 9.51 Å². The molecule has 2 aromatic rings. The van der Waals surface area contributed by atoms with E-state index in [9.17, 15) is 4.79 Å². The molecule has 0 radical (unpaired) electrons. The normalized spacial score (nSPS) is 12.9. The number of nitriles is 1. The van der Waals surface area contributed by atoms with Crippen molar-refractivity contribution in [2.75, 3.05) is 0 Å². The van der Waals surface area contributed by atoms with Gasteiger partial charge in [-0.2, -0.15) is 5.26 Å². The van der Waals surface area contributed by atoms with Crippen LogP contribution in [0.3, 0.4) is 0 Å². The van der Waals surface area contributed by atoms with Crippen LogP contribution >= 0.6 is 0 Å². The van der Waals surface area contributed by atoms with E-state index in [0.29, 0.717) is 17.9 Å². The maximum absolute atomic E-state index is 11.1. The number of benzene rings is 1. The highest BCUT2D eigenvalue weighted by molar-refractivity contribution is 5.32. The maximum atomic E-state index is 11.1. The zero-order valence-corrected chi connectivity index (χ0v) is 12.3. The molecule has 2 rings (SSSR count). The van der Waals surface area contributed by atoms with E-state index in [4.69, 9.17) is 5.26 Å². The van der Waals surface area contributed by atoms with Gasteiger partial charge in [0.25, 0.3) is 0 Å². The zero-order chi connectivity index (χ0) is 15.5. The number of nitrogens with zero attached hydrogens (tertiary/aromatic N) is 2. The van der Waals surface area contributed by atoms with Gasteiger partial charge in [0.05, 0.1) is 17.7 Å². The minimum absolute atomic E-state index is 0.160. The van der Waals surface area contributed by atoms with Gasteiger partial charge in [-0.25, -0.2) is 4.79 Å². The number of hydrogen-bond donors (Lipinski definition) is 2. The van der Waals surface area contributed by atoms with Gasteiger partial charge in [-0.1, -0.05) is 38.1 Å². The second kappa shape index (κ2) is 5.94. The Balaban J connectivity index is 2.17. The first-order valence-electron chi connectivity index (χ1n) is 6.68. The molecular weight excluding hydrogens is 268 g/mol. The molecule has 0 saturated carbocycles. The molecular formula is C15H18N4O2. The zero-order valence-electron chi connectivity index (χ0n) is 12.3. The molecule has 0 amide bonds. The van der Waals surface area contributed by atoms with Gasteiger partial charge < -0.3 is 5.32 Å². The Morgan fingerprint density at radius 2 is 2.24 bits per heavy atom. The molecule has 0 aliphatic heterocycles. The Kier molecular flexibility index (Phi) is 4.24. The molecule has 0 spiro atoms. The fourth-order valence-electron chi connectivity index (χ4n) is 2.15. The van der Waals surface area contributed by atoms with Crippen LogP contribution in [0, 0.1) is 16.7 Å². The predicted octanol–water partition coefficient (Wildman–Crippen LogP) is 2.11. The van der Waals surface area contributed by atoms with Crippen LogP contribution in [0.25, 0.3) is 0 Å². The van der Waals surface area contributed by atoms with Crippen molar-refractivity contribution in [3.05, 3.63) is 51.8 Å². The van der Waals surface area contributed by atoms with Gasteiger partial charge in [0.15, 0.2) is 5.82 Å². The fourth-order valence-corrected chi connectivity index (χ4v) is 2.15. The van der Waals surface area contributed by atoms with Crippen LogP contribution in [-0.2, 0) is 6.54 Å². The van der Waals surface area contributed by atoms with Crippen molar-refractivity contribution < 1.29 is 4.52 Å². The molecule has 0 saturated heterocycles. The van der Waals surface area contributed by atoms with Crippen molar-refractivity contribution in [1.29, 1.82) is 5.26 Å². The monoisotopic (exact) mass is 286 g/mol. The second-order valence-electron chi connectivity index (χ2n) is 5.97. The minimum Gasteiger partial charge on any atom is -0.303 e. The van der Waals surface area contributed by atoms with Crippen LogP contribution < -0.4 is 11.1 Å². The summed E-state index contributed by atoms with van der Waals surface area (Å²) in [6.07, 6.45) is 0. The minimum atomic E-state index is -0.562. The lowest BCUT2D eigenvalue weighted by atomic mass is 9.86. The number of hydrogen-bond acceptors (Lipinski definition) is 5. The highest BCUT2D eigenvalue weighted by Gasteiger charge is 2.29. The molecule has 21 heavy (non-hydrogen) atoms. The Morgan fingerprint density at radius 1 is 1.48 bits per heavy atom. The summed E-state index contributed by atoms with van der Waals surface area (Å²) in [5, 5.41) is 16.0. The summed E-state index contributed by atoms with van der Waals surface area (Å²) < 4.78 is 4.59. The van der Waals surface area contributed by atoms with E-state index in [0.717, 1.165) is 5.56 Å². The second-order valence-corrected chi connectivity index (χ2v) is 5.97. The lowest BCUT2D eigenvalue weighted by molar-refractivity contribution is 0.252. The van der Waals surface area contributed by atoms with Crippen LogP contribution in [0.4, 0.5) is 0 Å². The number of nitrogens with one attached hydrogen (secondary N) is 2. The highest BCUT2D eigenvalue weighted by atomic mass is 16.5. The summed E-state index contributed by atoms with van der Waals surface area (Å²) >= 11 is 0. The Morgan fingerprint density at radius 3 is 2.81 bits per heavy atom. The molecule has 1 aromatic carbocycles. The molecule has 1 atom stereocenters. The molecule has 0 bridgehead atoms. The summed E-state index contributed by atoms with van der Waals surface area (Å²) in [4.78, 5) is 13.7. The quantitative estimate of drug-likeness (QED) is 0.897. The van der Waals surface area contributed by atoms with E-state index in [1.54, 1.807) is 6.07 Å². The molecule has 0 aliphatic rings. The van der Waals surface area contributed by atoms with Gasteiger partial charge >= 0.3 is 5.76 Å². The molecule has 0 aliphatic carbocycles. The standard InChI is InChI=1S/C15H18N4O2/c1-15(2,3)12(13-18-14(20)21-19-13)17-9-11-6-4-5-10(7-11)8-16/h4-7,12,17H,9H2,1-3H3,(H,18,19,20). The van der Waals surface area contributed by atoms with Gasteiger partial charge in [-0.15, -0.1) is 0 Å². The molecule has 6 heteroatoms. The maximum Gasteiger partial charge on any atom is 0.438 e. The molecule has 2 N–H and O–H groups in total. The van der Waals surface area contributed by atoms with Gasteiger partial charge in [0.2, 0.25) is 0 Å². The summed E-state index contributed by atoms with van der Waals surface area (Å²) in [6, 6.07) is 9.33.